The molecule has 1 aliphatic rings. The van der Waals surface area contributed by atoms with E-state index in [9.17, 15) is 17.6 Å². The predicted octanol–water partition coefficient (Wildman–Crippen LogP) is 3.59. The maximum absolute atomic E-state index is 14.3. The number of nitrogens with zero attached hydrogens (tertiary/aromatic N) is 2. The van der Waals surface area contributed by atoms with Gasteiger partial charge in [-0.1, -0.05) is 0 Å². The number of carbonyl (C=O) groups is 1. The summed E-state index contributed by atoms with van der Waals surface area (Å²) in [5.41, 5.74) is 1.70. The molecule has 7 nitrogen and oxygen atoms in total. The third kappa shape index (κ3) is 4.16. The van der Waals surface area contributed by atoms with Gasteiger partial charge in [0.2, 0.25) is 10.0 Å². The first-order chi connectivity index (χ1) is 14.4. The van der Waals surface area contributed by atoms with Crippen molar-refractivity contribution in [3.05, 3.63) is 51.4 Å². The van der Waals surface area contributed by atoms with Crippen LogP contribution in [0.5, 0.6) is 0 Å². The molecule has 158 valence electrons. The third-order valence-electron chi connectivity index (χ3n) is 4.55. The van der Waals surface area contributed by atoms with Crippen molar-refractivity contribution < 1.29 is 22.3 Å². The SMILES string of the molecule is Cc1nc(-c2ccsc2)sc1C(=O)Nc1ccc(F)c(S(=O)(=O)N2CCOCC2)c1. The van der Waals surface area contributed by atoms with Crippen molar-refractivity contribution in [1.82, 2.24) is 9.29 Å². The summed E-state index contributed by atoms with van der Waals surface area (Å²) in [7, 11) is -4.03. The Morgan fingerprint density at radius 2 is 2.03 bits per heavy atom. The second-order valence-electron chi connectivity index (χ2n) is 6.56. The predicted molar refractivity (Wildman–Crippen MR) is 114 cm³/mol. The lowest BCUT2D eigenvalue weighted by Crippen LogP contribution is -2.40. The van der Waals surface area contributed by atoms with Crippen molar-refractivity contribution >= 4 is 44.3 Å². The molecule has 1 aromatic carbocycles. The second-order valence-corrected chi connectivity index (χ2v) is 10.2. The van der Waals surface area contributed by atoms with Gasteiger partial charge >= 0.3 is 0 Å². The number of aryl methyl sites for hydroxylation is 1. The van der Waals surface area contributed by atoms with Crippen molar-refractivity contribution in [2.75, 3.05) is 31.6 Å². The molecule has 3 aromatic rings. The number of ether oxygens (including phenoxy) is 1. The normalized spacial score (nSPS) is 15.3. The van der Waals surface area contributed by atoms with Crippen LogP contribution in [0.15, 0.2) is 39.9 Å². The first-order valence-corrected chi connectivity index (χ1v) is 12.2. The van der Waals surface area contributed by atoms with Crippen molar-refractivity contribution in [1.29, 1.82) is 0 Å². The number of hydrogen-bond acceptors (Lipinski definition) is 7. The van der Waals surface area contributed by atoms with E-state index >= 15 is 0 Å². The quantitative estimate of drug-likeness (QED) is 0.620. The average Bonchev–Trinajstić information content (AvgIpc) is 3.39. The Balaban J connectivity index is 1.58. The maximum atomic E-state index is 14.3. The number of morpholine rings is 1. The Morgan fingerprint density at radius 3 is 2.73 bits per heavy atom. The van der Waals surface area contributed by atoms with E-state index in [0.29, 0.717) is 10.6 Å². The summed E-state index contributed by atoms with van der Waals surface area (Å²) in [5, 5.41) is 7.27. The van der Waals surface area contributed by atoms with Crippen molar-refractivity contribution in [3.63, 3.8) is 0 Å². The van der Waals surface area contributed by atoms with Crippen LogP contribution in [-0.2, 0) is 14.8 Å². The molecule has 0 spiro atoms. The summed E-state index contributed by atoms with van der Waals surface area (Å²) in [4.78, 5) is 17.1. The topological polar surface area (TPSA) is 88.6 Å². The Kier molecular flexibility index (Phi) is 5.98. The highest BCUT2D eigenvalue weighted by molar-refractivity contribution is 7.89. The summed E-state index contributed by atoms with van der Waals surface area (Å²) in [6.45, 7) is 2.57. The molecule has 0 atom stereocenters. The van der Waals surface area contributed by atoms with Gasteiger partial charge in [0, 0.05) is 29.7 Å². The summed E-state index contributed by atoms with van der Waals surface area (Å²) in [6.07, 6.45) is 0. The molecule has 1 saturated heterocycles. The van der Waals surface area contributed by atoms with E-state index in [1.54, 1.807) is 6.92 Å². The molecule has 2 aromatic heterocycles. The molecule has 1 fully saturated rings. The number of sulfonamides is 1. The Hall–Kier alpha value is -2.18. The molecule has 0 aliphatic carbocycles. The van der Waals surface area contributed by atoms with Gasteiger partial charge in [-0.25, -0.2) is 17.8 Å². The minimum atomic E-state index is -4.03. The van der Waals surface area contributed by atoms with Crippen LogP contribution in [0.4, 0.5) is 10.1 Å². The molecule has 11 heteroatoms. The average molecular weight is 468 g/mol. The van der Waals surface area contributed by atoms with Gasteiger partial charge in [-0.3, -0.25) is 4.79 Å². The van der Waals surface area contributed by atoms with E-state index in [-0.39, 0.29) is 32.0 Å². The molecule has 1 aliphatic heterocycles. The number of halogens is 1. The van der Waals surface area contributed by atoms with Gasteiger partial charge in [0.05, 0.1) is 18.9 Å². The molecule has 3 heterocycles. The van der Waals surface area contributed by atoms with Crippen LogP contribution < -0.4 is 5.32 Å². The minimum Gasteiger partial charge on any atom is -0.379 e. The van der Waals surface area contributed by atoms with Gasteiger partial charge in [0.15, 0.2) is 0 Å². The first kappa shape index (κ1) is 21.1. The number of rotatable bonds is 5. The lowest BCUT2D eigenvalue weighted by molar-refractivity contribution is 0.0729. The number of aromatic nitrogens is 1. The molecule has 0 unspecified atom stereocenters. The van der Waals surface area contributed by atoms with Gasteiger partial charge in [-0.05, 0) is 36.6 Å². The molecule has 0 radical (unpaired) electrons. The first-order valence-electron chi connectivity index (χ1n) is 9.05. The van der Waals surface area contributed by atoms with E-state index in [4.69, 9.17) is 4.74 Å². The molecule has 30 heavy (non-hydrogen) atoms. The number of nitrogens with one attached hydrogen (secondary N) is 1. The summed E-state index contributed by atoms with van der Waals surface area (Å²) >= 11 is 2.79. The Bertz CT molecular complexity index is 1170. The smallest absolute Gasteiger partial charge is 0.267 e. The third-order valence-corrected chi connectivity index (χ3v) is 8.35. The fourth-order valence-electron chi connectivity index (χ4n) is 3.01. The molecule has 0 saturated carbocycles. The van der Waals surface area contributed by atoms with Crippen LogP contribution in [0.1, 0.15) is 15.4 Å². The van der Waals surface area contributed by atoms with Gasteiger partial charge in [0.25, 0.3) is 5.91 Å². The highest BCUT2D eigenvalue weighted by Crippen LogP contribution is 2.30. The van der Waals surface area contributed by atoms with Crippen LogP contribution in [0.25, 0.3) is 10.6 Å². The number of hydrogen-bond donors (Lipinski definition) is 1. The number of thiophene rings is 1. The van der Waals surface area contributed by atoms with Crippen molar-refractivity contribution in [2.45, 2.75) is 11.8 Å². The molecule has 0 bridgehead atoms. The zero-order valence-electron chi connectivity index (χ0n) is 15.9. The van der Waals surface area contributed by atoms with E-state index < -0.39 is 26.6 Å². The molecular formula is C19H18FN3O4S3. The fourth-order valence-corrected chi connectivity index (χ4v) is 6.18. The molecule has 4 rings (SSSR count). The van der Waals surface area contributed by atoms with Crippen molar-refractivity contribution in [2.24, 2.45) is 0 Å². The number of carbonyl (C=O) groups excluding carboxylic acids is 1. The zero-order chi connectivity index (χ0) is 21.3. The molecular weight excluding hydrogens is 449 g/mol. The van der Waals surface area contributed by atoms with Crippen LogP contribution in [-0.4, -0.2) is 49.9 Å². The minimum absolute atomic E-state index is 0.157. The summed E-state index contributed by atoms with van der Waals surface area (Å²) in [6, 6.07) is 5.45. The van der Waals surface area contributed by atoms with Crippen molar-refractivity contribution in [3.8, 4) is 10.6 Å². The Labute approximate surface area is 181 Å². The Morgan fingerprint density at radius 1 is 1.27 bits per heavy atom. The maximum Gasteiger partial charge on any atom is 0.267 e. The van der Waals surface area contributed by atoms with Gasteiger partial charge < -0.3 is 10.1 Å². The summed E-state index contributed by atoms with van der Waals surface area (Å²) in [5.74, 6) is -1.29. The fraction of sp³-hybridized carbons (Fsp3) is 0.263. The van der Waals surface area contributed by atoms with E-state index in [2.05, 4.69) is 10.3 Å². The van der Waals surface area contributed by atoms with E-state index in [1.807, 2.05) is 16.8 Å². The number of anilines is 1. The largest absolute Gasteiger partial charge is 0.379 e. The monoisotopic (exact) mass is 467 g/mol. The lowest BCUT2D eigenvalue weighted by Gasteiger charge is -2.26. The zero-order valence-corrected chi connectivity index (χ0v) is 18.4. The lowest BCUT2D eigenvalue weighted by atomic mass is 10.3. The van der Waals surface area contributed by atoms with E-state index in [0.717, 1.165) is 22.7 Å². The molecule has 1 N–H and O–H groups in total. The summed E-state index contributed by atoms with van der Waals surface area (Å²) < 4.78 is 46.3. The van der Waals surface area contributed by atoms with E-state index in [1.165, 1.54) is 33.0 Å². The standard InChI is InChI=1S/C19H18FN3O4S3/c1-12-17(29-19(21-12)13-4-9-28-11-13)18(24)22-14-2-3-15(20)16(10-14)30(25,26)23-5-7-27-8-6-23/h2-4,9-11H,5-8H2,1H3,(H,22,24). The van der Waals surface area contributed by atoms with Gasteiger partial charge in [-0.15, -0.1) is 11.3 Å². The highest BCUT2D eigenvalue weighted by Gasteiger charge is 2.29. The number of amides is 1. The van der Waals surface area contributed by atoms with Gasteiger partial charge in [-0.2, -0.15) is 15.6 Å². The molecule has 1 amide bonds. The van der Waals surface area contributed by atoms with Crippen LogP contribution in [0, 0.1) is 12.7 Å². The van der Waals surface area contributed by atoms with Crippen LogP contribution in [0.3, 0.4) is 0 Å². The second kappa shape index (κ2) is 8.52. The number of thiazole rings is 1. The highest BCUT2D eigenvalue weighted by atomic mass is 32.2. The number of benzene rings is 1. The van der Waals surface area contributed by atoms with Crippen LogP contribution in [0.2, 0.25) is 0 Å². The van der Waals surface area contributed by atoms with Crippen LogP contribution >= 0.6 is 22.7 Å². The van der Waals surface area contributed by atoms with Gasteiger partial charge in [0.1, 0.15) is 20.6 Å².